The van der Waals surface area contributed by atoms with Crippen LogP contribution in [0.4, 0.5) is 4.79 Å². The van der Waals surface area contributed by atoms with Gasteiger partial charge in [-0.1, -0.05) is 48.5 Å². The number of carbonyl (C=O) groups is 1. The van der Waals surface area contributed by atoms with Gasteiger partial charge in [0, 0.05) is 18.2 Å². The molecular weight excluding hydrogens is 404 g/mol. The molecule has 0 radical (unpaired) electrons. The van der Waals surface area contributed by atoms with Gasteiger partial charge >= 0.3 is 6.16 Å². The van der Waals surface area contributed by atoms with E-state index in [-0.39, 0.29) is 6.10 Å². The van der Waals surface area contributed by atoms with E-state index >= 15 is 0 Å². The first-order valence-corrected chi connectivity index (χ1v) is 11.6. The minimum Gasteiger partial charge on any atom is -0.496 e. The Morgan fingerprint density at radius 2 is 1.91 bits per heavy atom. The second-order valence-corrected chi connectivity index (χ2v) is 8.52. The van der Waals surface area contributed by atoms with Crippen LogP contribution in [-0.4, -0.2) is 48.5 Å². The van der Waals surface area contributed by atoms with E-state index in [0.717, 1.165) is 57.5 Å². The normalized spacial score (nSPS) is 19.9. The molecule has 1 fully saturated rings. The molecule has 6 nitrogen and oxygen atoms in total. The van der Waals surface area contributed by atoms with E-state index in [9.17, 15) is 4.79 Å². The van der Waals surface area contributed by atoms with Crippen LogP contribution in [0, 0.1) is 0 Å². The number of para-hydroxylation sites is 1. The second kappa shape index (κ2) is 12.5. The Bertz CT molecular complexity index is 830. The van der Waals surface area contributed by atoms with Gasteiger partial charge in [-0.2, -0.15) is 0 Å². The Morgan fingerprint density at radius 1 is 1.16 bits per heavy atom. The summed E-state index contributed by atoms with van der Waals surface area (Å²) >= 11 is 0. The SMILES string of the molecule is COc1ccccc1CN[C@H]1CCCN(CCCC[C@H](C)OC(=O)O)[C@H]1c1ccccc1. The number of nitrogens with one attached hydrogen (secondary N) is 1. The first-order valence-electron chi connectivity index (χ1n) is 11.6. The number of hydrogen-bond donors (Lipinski definition) is 2. The minimum absolute atomic E-state index is 0.256. The molecule has 2 aromatic carbocycles. The zero-order valence-electron chi connectivity index (χ0n) is 19.2. The van der Waals surface area contributed by atoms with Crippen LogP contribution in [0.5, 0.6) is 5.75 Å². The molecular formula is C26H36N2O4. The highest BCUT2D eigenvalue weighted by atomic mass is 16.7. The van der Waals surface area contributed by atoms with Gasteiger partial charge in [-0.3, -0.25) is 4.90 Å². The molecule has 1 saturated heterocycles. The third kappa shape index (κ3) is 6.97. The summed E-state index contributed by atoms with van der Waals surface area (Å²) < 4.78 is 10.4. The first-order chi connectivity index (χ1) is 15.6. The lowest BCUT2D eigenvalue weighted by Crippen LogP contribution is -2.48. The number of likely N-dealkylation sites (tertiary alicyclic amines) is 1. The summed E-state index contributed by atoms with van der Waals surface area (Å²) in [5.74, 6) is 0.918. The Labute approximate surface area is 191 Å². The van der Waals surface area contributed by atoms with Crippen LogP contribution >= 0.6 is 0 Å². The number of nitrogens with zero attached hydrogens (tertiary/aromatic N) is 1. The average molecular weight is 441 g/mol. The van der Waals surface area contributed by atoms with E-state index in [4.69, 9.17) is 14.6 Å². The molecule has 0 unspecified atom stereocenters. The summed E-state index contributed by atoms with van der Waals surface area (Å²) in [6, 6.07) is 19.6. The summed E-state index contributed by atoms with van der Waals surface area (Å²) in [6.07, 6.45) is 3.57. The predicted molar refractivity (Wildman–Crippen MR) is 126 cm³/mol. The highest BCUT2D eigenvalue weighted by Gasteiger charge is 2.32. The van der Waals surface area contributed by atoms with Crippen molar-refractivity contribution in [2.24, 2.45) is 0 Å². The Morgan fingerprint density at radius 3 is 2.66 bits per heavy atom. The van der Waals surface area contributed by atoms with Gasteiger partial charge in [0.25, 0.3) is 0 Å². The number of piperidine rings is 1. The van der Waals surface area contributed by atoms with Crippen LogP contribution in [-0.2, 0) is 11.3 Å². The van der Waals surface area contributed by atoms with Crippen molar-refractivity contribution < 1.29 is 19.4 Å². The summed E-state index contributed by atoms with van der Waals surface area (Å²) in [7, 11) is 1.72. The Kier molecular flexibility index (Phi) is 9.38. The fourth-order valence-corrected chi connectivity index (χ4v) is 4.69. The van der Waals surface area contributed by atoms with Crippen LogP contribution in [0.25, 0.3) is 0 Å². The van der Waals surface area contributed by atoms with Crippen molar-refractivity contribution in [3.05, 3.63) is 65.7 Å². The van der Waals surface area contributed by atoms with Gasteiger partial charge in [0.15, 0.2) is 0 Å². The van der Waals surface area contributed by atoms with E-state index < -0.39 is 6.16 Å². The van der Waals surface area contributed by atoms with Crippen LogP contribution in [0.3, 0.4) is 0 Å². The molecule has 174 valence electrons. The molecule has 0 amide bonds. The van der Waals surface area contributed by atoms with Gasteiger partial charge in [-0.15, -0.1) is 0 Å². The minimum atomic E-state index is -1.19. The molecule has 1 aliphatic heterocycles. The van der Waals surface area contributed by atoms with Crippen LogP contribution in [0.1, 0.15) is 56.2 Å². The molecule has 32 heavy (non-hydrogen) atoms. The highest BCUT2D eigenvalue weighted by molar-refractivity contribution is 5.56. The standard InChI is InChI=1S/C26H36N2O4/c1-20(32-26(29)30)11-8-9-17-28-18-10-15-23(25(28)21-12-4-3-5-13-21)27-19-22-14-6-7-16-24(22)31-2/h3-7,12-14,16,20,23,25,27H,8-11,15,17-19H2,1-2H3,(H,29,30)/t20-,23-,25-/m0/s1. The van der Waals surface area contributed by atoms with Crippen LogP contribution < -0.4 is 10.1 Å². The van der Waals surface area contributed by atoms with E-state index in [2.05, 4.69) is 52.7 Å². The molecule has 0 aromatic heterocycles. The maximum Gasteiger partial charge on any atom is 0.506 e. The second-order valence-electron chi connectivity index (χ2n) is 8.52. The summed E-state index contributed by atoms with van der Waals surface area (Å²) in [5, 5.41) is 12.6. The van der Waals surface area contributed by atoms with Gasteiger partial charge < -0.3 is 19.9 Å². The van der Waals surface area contributed by atoms with E-state index in [1.807, 2.05) is 19.1 Å². The topological polar surface area (TPSA) is 71.0 Å². The van der Waals surface area contributed by atoms with Gasteiger partial charge in [-0.25, -0.2) is 4.79 Å². The van der Waals surface area contributed by atoms with Crippen molar-refractivity contribution in [3.63, 3.8) is 0 Å². The van der Waals surface area contributed by atoms with Crippen molar-refractivity contribution >= 4 is 6.16 Å². The Hall–Kier alpha value is -2.57. The Balaban J connectivity index is 1.64. The summed E-state index contributed by atoms with van der Waals surface area (Å²) in [5.41, 5.74) is 2.51. The maximum atomic E-state index is 10.7. The molecule has 1 aliphatic rings. The lowest BCUT2D eigenvalue weighted by atomic mass is 9.89. The maximum absolute atomic E-state index is 10.7. The first kappa shape index (κ1) is 24.1. The van der Waals surface area contributed by atoms with Gasteiger partial charge in [0.2, 0.25) is 0 Å². The molecule has 0 aliphatic carbocycles. The van der Waals surface area contributed by atoms with E-state index in [1.165, 1.54) is 11.1 Å². The van der Waals surface area contributed by atoms with E-state index in [0.29, 0.717) is 12.1 Å². The number of methoxy groups -OCH3 is 1. The zero-order chi connectivity index (χ0) is 22.8. The summed E-state index contributed by atoms with van der Waals surface area (Å²) in [6.45, 7) is 4.66. The lowest BCUT2D eigenvalue weighted by Gasteiger charge is -2.42. The largest absolute Gasteiger partial charge is 0.506 e. The number of benzene rings is 2. The predicted octanol–water partition coefficient (Wildman–Crippen LogP) is 5.24. The lowest BCUT2D eigenvalue weighted by molar-refractivity contribution is 0.0535. The molecule has 3 rings (SSSR count). The monoisotopic (exact) mass is 440 g/mol. The number of carboxylic acid groups (broad SMARTS) is 1. The third-order valence-electron chi connectivity index (χ3n) is 6.23. The van der Waals surface area contributed by atoms with Crippen molar-refractivity contribution in [1.29, 1.82) is 0 Å². The molecule has 0 spiro atoms. The van der Waals surface area contributed by atoms with Crippen molar-refractivity contribution in [2.45, 2.75) is 63.8 Å². The van der Waals surface area contributed by atoms with Gasteiger partial charge in [0.1, 0.15) is 11.9 Å². The van der Waals surface area contributed by atoms with Gasteiger partial charge in [0.05, 0.1) is 13.2 Å². The third-order valence-corrected chi connectivity index (χ3v) is 6.23. The molecule has 2 N–H and O–H groups in total. The number of rotatable bonds is 11. The molecule has 2 aromatic rings. The van der Waals surface area contributed by atoms with Crippen molar-refractivity contribution in [2.75, 3.05) is 20.2 Å². The van der Waals surface area contributed by atoms with Crippen molar-refractivity contribution in [3.8, 4) is 5.75 Å². The average Bonchev–Trinajstić information content (AvgIpc) is 2.80. The van der Waals surface area contributed by atoms with Crippen molar-refractivity contribution in [1.82, 2.24) is 10.2 Å². The molecule has 1 heterocycles. The van der Waals surface area contributed by atoms with E-state index in [1.54, 1.807) is 7.11 Å². The fraction of sp³-hybridized carbons (Fsp3) is 0.500. The van der Waals surface area contributed by atoms with Crippen LogP contribution in [0.2, 0.25) is 0 Å². The fourth-order valence-electron chi connectivity index (χ4n) is 4.69. The molecule has 0 saturated carbocycles. The molecule has 6 heteroatoms. The smallest absolute Gasteiger partial charge is 0.496 e. The summed E-state index contributed by atoms with van der Waals surface area (Å²) in [4.78, 5) is 13.3. The number of ether oxygens (including phenoxy) is 2. The number of hydrogen-bond acceptors (Lipinski definition) is 5. The quantitative estimate of drug-likeness (QED) is 0.368. The number of unbranched alkanes of at least 4 members (excludes halogenated alkanes) is 1. The van der Waals surface area contributed by atoms with Gasteiger partial charge in [-0.05, 0) is 63.7 Å². The highest BCUT2D eigenvalue weighted by Crippen LogP contribution is 2.32. The van der Waals surface area contributed by atoms with Crippen LogP contribution in [0.15, 0.2) is 54.6 Å². The molecule has 3 atom stereocenters. The zero-order valence-corrected chi connectivity index (χ0v) is 19.2. The molecule has 0 bridgehead atoms.